The van der Waals surface area contributed by atoms with E-state index < -0.39 is 28.1 Å². The molecule has 1 N–H and O–H groups in total. The molecule has 4 aromatic rings. The predicted molar refractivity (Wildman–Crippen MR) is 112 cm³/mol. The number of aromatic nitrogens is 2. The van der Waals surface area contributed by atoms with Crippen LogP contribution in [0, 0.1) is 28.9 Å². The van der Waals surface area contributed by atoms with Crippen LogP contribution in [0.25, 0.3) is 22.2 Å². The number of fused-ring (bicyclic) bond motifs is 1. The lowest BCUT2D eigenvalue weighted by molar-refractivity contribution is 0.605. The van der Waals surface area contributed by atoms with Crippen molar-refractivity contribution in [2.75, 3.05) is 11.6 Å². The van der Waals surface area contributed by atoms with Crippen LogP contribution in [0.1, 0.15) is 5.56 Å². The molecule has 6 nitrogen and oxygen atoms in total. The molecule has 31 heavy (non-hydrogen) atoms. The number of rotatable bonds is 5. The van der Waals surface area contributed by atoms with Gasteiger partial charge >= 0.3 is 0 Å². The van der Waals surface area contributed by atoms with Gasteiger partial charge in [-0.15, -0.1) is 0 Å². The maximum atomic E-state index is 14.5. The monoisotopic (exact) mass is 441 g/mol. The Hall–Kier alpha value is -3.71. The van der Waals surface area contributed by atoms with Crippen molar-refractivity contribution in [2.24, 2.45) is 4.36 Å². The van der Waals surface area contributed by atoms with Crippen molar-refractivity contribution >= 4 is 33.3 Å². The Balaban J connectivity index is 1.69. The van der Waals surface area contributed by atoms with Gasteiger partial charge in [0.25, 0.3) is 0 Å². The fraction of sp³-hybridized carbons (Fsp3) is 0.0952. The molecule has 0 aliphatic carbocycles. The van der Waals surface area contributed by atoms with Crippen LogP contribution >= 0.6 is 0 Å². The number of hydrogen-bond donors (Lipinski definition) is 1. The average Bonchev–Trinajstić information content (AvgIpc) is 3.21. The molecule has 0 amide bonds. The van der Waals surface area contributed by atoms with E-state index >= 15 is 0 Å². The molecule has 0 spiro atoms. The first-order chi connectivity index (χ1) is 14.9. The first kappa shape index (κ1) is 20.6. The van der Waals surface area contributed by atoms with Crippen LogP contribution in [0.3, 0.4) is 0 Å². The Morgan fingerprint density at radius 2 is 2.00 bits per heavy atom. The molecule has 0 fully saturated rings. The highest BCUT2D eigenvalue weighted by Crippen LogP contribution is 2.32. The van der Waals surface area contributed by atoms with Gasteiger partial charge < -0.3 is 9.73 Å². The van der Waals surface area contributed by atoms with Gasteiger partial charge in [0.05, 0.1) is 17.8 Å². The largest absolute Gasteiger partial charge is 0.464 e. The highest BCUT2D eigenvalue weighted by Gasteiger charge is 2.17. The second-order valence-corrected chi connectivity index (χ2v) is 8.23. The zero-order valence-electron chi connectivity index (χ0n) is 16.1. The van der Waals surface area contributed by atoms with Crippen LogP contribution in [0.2, 0.25) is 0 Å². The first-order valence-corrected chi connectivity index (χ1v) is 10.7. The number of furan rings is 1. The molecule has 0 bridgehead atoms. The number of nitrogens with zero attached hydrogens (tertiary/aromatic N) is 4. The van der Waals surface area contributed by atoms with Crippen molar-refractivity contribution in [1.82, 2.24) is 9.97 Å². The van der Waals surface area contributed by atoms with Crippen molar-refractivity contribution in [3.8, 4) is 17.5 Å². The van der Waals surface area contributed by atoms with Gasteiger partial charge in [-0.05, 0) is 48.2 Å². The van der Waals surface area contributed by atoms with Crippen molar-refractivity contribution in [2.45, 2.75) is 5.75 Å². The number of nitrogens with one attached hydrogen (secondary N) is 1. The quantitative estimate of drug-likeness (QED) is 0.416. The Labute approximate surface area is 177 Å². The van der Waals surface area contributed by atoms with Crippen LogP contribution in [-0.2, 0) is 16.4 Å². The van der Waals surface area contributed by atoms with E-state index in [1.54, 1.807) is 18.5 Å². The zero-order chi connectivity index (χ0) is 22.0. The van der Waals surface area contributed by atoms with Gasteiger partial charge in [0.2, 0.25) is 12.1 Å². The summed E-state index contributed by atoms with van der Waals surface area (Å²) in [4.78, 5) is 8.10. The maximum Gasteiger partial charge on any atom is 0.227 e. The second kappa shape index (κ2) is 8.57. The van der Waals surface area contributed by atoms with E-state index in [4.69, 9.17) is 9.68 Å². The molecule has 4 rings (SSSR count). The topological polar surface area (TPSA) is 87.1 Å². The van der Waals surface area contributed by atoms with Gasteiger partial charge in [-0.1, -0.05) is 10.7 Å². The van der Waals surface area contributed by atoms with E-state index in [9.17, 15) is 13.2 Å². The molecule has 1 atom stereocenters. The molecular formula is C21H14F3N5OS. The summed E-state index contributed by atoms with van der Waals surface area (Å²) in [5.74, 6) is -1.29. The Bertz CT molecular complexity index is 1360. The Morgan fingerprint density at radius 1 is 1.16 bits per heavy atom. The summed E-state index contributed by atoms with van der Waals surface area (Å²) >= 11 is 0. The summed E-state index contributed by atoms with van der Waals surface area (Å²) in [6.07, 6.45) is 5.79. The Kier molecular flexibility index (Phi) is 5.68. The molecular weight excluding hydrogens is 427 g/mol. The molecule has 0 saturated carbocycles. The van der Waals surface area contributed by atoms with Crippen LogP contribution in [0.15, 0.2) is 57.6 Å². The molecule has 2 heterocycles. The lowest BCUT2D eigenvalue weighted by Gasteiger charge is -2.10. The lowest BCUT2D eigenvalue weighted by Crippen LogP contribution is -2.02. The van der Waals surface area contributed by atoms with Crippen molar-refractivity contribution in [3.63, 3.8) is 0 Å². The van der Waals surface area contributed by atoms with Gasteiger partial charge in [0, 0.05) is 17.0 Å². The van der Waals surface area contributed by atoms with E-state index in [-0.39, 0.29) is 28.2 Å². The van der Waals surface area contributed by atoms with Gasteiger partial charge in [0.15, 0.2) is 5.82 Å². The number of anilines is 2. The van der Waals surface area contributed by atoms with E-state index in [2.05, 4.69) is 19.6 Å². The first-order valence-electron chi connectivity index (χ1n) is 8.92. The summed E-state index contributed by atoms with van der Waals surface area (Å²) in [5, 5.41) is 11.7. The fourth-order valence-corrected chi connectivity index (χ4v) is 3.96. The highest BCUT2D eigenvalue weighted by atomic mass is 32.2. The van der Waals surface area contributed by atoms with Gasteiger partial charge in [-0.25, -0.2) is 23.1 Å². The summed E-state index contributed by atoms with van der Waals surface area (Å²) in [7, 11) is -0.580. The molecule has 0 aliphatic rings. The normalized spacial score (nSPS) is 12.1. The van der Waals surface area contributed by atoms with Gasteiger partial charge in [-0.3, -0.25) is 0 Å². The minimum absolute atomic E-state index is 0.0224. The predicted octanol–water partition coefficient (Wildman–Crippen LogP) is 5.46. The SMILES string of the molecule is CS(Cc1cc(F)cc(Nc2ncc(F)c(-c3ccc(F)c4ccoc34)n2)c1)=NC#N. The molecule has 10 heteroatoms. The van der Waals surface area contributed by atoms with E-state index in [1.807, 2.05) is 0 Å². The third-order valence-electron chi connectivity index (χ3n) is 4.35. The molecule has 0 aliphatic heterocycles. The Morgan fingerprint density at radius 3 is 2.81 bits per heavy atom. The summed E-state index contributed by atoms with van der Waals surface area (Å²) in [6, 6.07) is 8.29. The summed E-state index contributed by atoms with van der Waals surface area (Å²) in [5.41, 5.74) is 1.32. The number of hydrogen-bond acceptors (Lipinski definition) is 6. The van der Waals surface area contributed by atoms with Crippen LogP contribution < -0.4 is 5.32 Å². The minimum atomic E-state index is -0.720. The average molecular weight is 441 g/mol. The van der Waals surface area contributed by atoms with Crippen LogP contribution in [0.4, 0.5) is 24.8 Å². The van der Waals surface area contributed by atoms with E-state index in [0.29, 0.717) is 17.0 Å². The number of nitriles is 1. The molecule has 2 aromatic heterocycles. The minimum Gasteiger partial charge on any atom is -0.464 e. The zero-order valence-corrected chi connectivity index (χ0v) is 16.9. The third kappa shape index (κ3) is 4.41. The van der Waals surface area contributed by atoms with Gasteiger partial charge in [0.1, 0.15) is 22.9 Å². The number of benzene rings is 2. The van der Waals surface area contributed by atoms with E-state index in [0.717, 1.165) is 6.20 Å². The summed E-state index contributed by atoms with van der Waals surface area (Å²) < 4.78 is 51.5. The fourth-order valence-electron chi connectivity index (χ4n) is 3.11. The molecule has 1 unspecified atom stereocenters. The van der Waals surface area contributed by atoms with Crippen LogP contribution in [0.5, 0.6) is 0 Å². The summed E-state index contributed by atoms with van der Waals surface area (Å²) in [6.45, 7) is 0. The molecule has 156 valence electrons. The molecule has 2 aromatic carbocycles. The maximum absolute atomic E-state index is 14.5. The smallest absolute Gasteiger partial charge is 0.227 e. The standard InChI is InChI=1S/C21H14F3N5OS/c1-31(27-11-25)10-12-6-13(22)8-14(7-12)28-21-26-9-18(24)19(29-21)16-2-3-17(23)15-4-5-30-20(15)16/h2-9H,10H2,1H3,(H,26,28,29). The molecule has 0 saturated heterocycles. The van der Waals surface area contributed by atoms with Gasteiger partial charge in [-0.2, -0.15) is 9.62 Å². The highest BCUT2D eigenvalue weighted by molar-refractivity contribution is 7.85. The van der Waals surface area contributed by atoms with Crippen LogP contribution in [-0.4, -0.2) is 16.2 Å². The van der Waals surface area contributed by atoms with Crippen molar-refractivity contribution in [3.05, 3.63) is 71.9 Å². The van der Waals surface area contributed by atoms with Crippen molar-refractivity contribution in [1.29, 1.82) is 5.26 Å². The lowest BCUT2D eigenvalue weighted by atomic mass is 10.1. The third-order valence-corrected chi connectivity index (χ3v) is 5.49. The molecule has 0 radical (unpaired) electrons. The van der Waals surface area contributed by atoms with E-state index in [1.165, 1.54) is 36.6 Å². The van der Waals surface area contributed by atoms with Crippen molar-refractivity contribution < 1.29 is 17.6 Å². The second-order valence-electron chi connectivity index (χ2n) is 6.56. The number of halogens is 3.